The third-order valence-electron chi connectivity index (χ3n) is 3.59. The standard InChI is InChI=1S/C17H30N2O4/c1-14(22)9-15(5-7-20)12-19(4)13-17(23)10-16(6-8-21)11-18(2)3/h7-8,15-16H,5-6,9-13H2,1-4H3. The van der Waals surface area contributed by atoms with E-state index in [1.165, 1.54) is 6.92 Å². The van der Waals surface area contributed by atoms with Gasteiger partial charge in [0.05, 0.1) is 6.54 Å². The summed E-state index contributed by atoms with van der Waals surface area (Å²) in [6.45, 7) is 3.02. The third kappa shape index (κ3) is 11.8. The average Bonchev–Trinajstić information content (AvgIpc) is 2.36. The maximum absolute atomic E-state index is 12.2. The fourth-order valence-corrected chi connectivity index (χ4v) is 2.83. The zero-order valence-electron chi connectivity index (χ0n) is 14.8. The lowest BCUT2D eigenvalue weighted by Gasteiger charge is -2.23. The van der Waals surface area contributed by atoms with Gasteiger partial charge in [0.1, 0.15) is 24.1 Å². The number of rotatable bonds is 14. The summed E-state index contributed by atoms with van der Waals surface area (Å²) >= 11 is 0. The van der Waals surface area contributed by atoms with Crippen LogP contribution in [0.15, 0.2) is 0 Å². The van der Waals surface area contributed by atoms with Gasteiger partial charge in [0, 0.05) is 38.8 Å². The van der Waals surface area contributed by atoms with Gasteiger partial charge in [-0.05, 0) is 39.9 Å². The number of hydrogen-bond donors (Lipinski definition) is 0. The minimum atomic E-state index is -0.0460. The maximum Gasteiger partial charge on any atom is 0.147 e. The normalized spacial score (nSPS) is 13.8. The van der Waals surface area contributed by atoms with Gasteiger partial charge in [0.25, 0.3) is 0 Å². The van der Waals surface area contributed by atoms with Crippen molar-refractivity contribution in [2.75, 3.05) is 40.8 Å². The monoisotopic (exact) mass is 326 g/mol. The zero-order chi connectivity index (χ0) is 17.8. The molecule has 0 radical (unpaired) electrons. The predicted molar refractivity (Wildman–Crippen MR) is 89.3 cm³/mol. The summed E-state index contributed by atoms with van der Waals surface area (Å²) in [5.41, 5.74) is 0. The van der Waals surface area contributed by atoms with Gasteiger partial charge in [-0.3, -0.25) is 9.69 Å². The molecule has 132 valence electrons. The predicted octanol–water partition coefficient (Wildman–Crippen LogP) is 0.829. The summed E-state index contributed by atoms with van der Waals surface area (Å²) in [6.07, 6.45) is 3.11. The van der Waals surface area contributed by atoms with Crippen molar-refractivity contribution in [1.82, 2.24) is 9.80 Å². The van der Waals surface area contributed by atoms with E-state index in [9.17, 15) is 19.2 Å². The highest BCUT2D eigenvalue weighted by atomic mass is 16.1. The molecule has 2 atom stereocenters. The van der Waals surface area contributed by atoms with Gasteiger partial charge in [-0.25, -0.2) is 0 Å². The summed E-state index contributed by atoms with van der Waals surface area (Å²) < 4.78 is 0. The molecule has 0 saturated heterocycles. The van der Waals surface area contributed by atoms with Crippen LogP contribution in [0.4, 0.5) is 0 Å². The Bertz CT molecular complexity index is 396. The first-order chi connectivity index (χ1) is 10.8. The second kappa shape index (κ2) is 12.1. The van der Waals surface area contributed by atoms with Crippen molar-refractivity contribution >= 4 is 24.1 Å². The van der Waals surface area contributed by atoms with Crippen LogP contribution < -0.4 is 0 Å². The van der Waals surface area contributed by atoms with E-state index >= 15 is 0 Å². The summed E-state index contributed by atoms with van der Waals surface area (Å²) in [5, 5.41) is 0. The molecule has 6 heteroatoms. The minimum Gasteiger partial charge on any atom is -0.309 e. The fourth-order valence-electron chi connectivity index (χ4n) is 2.83. The highest BCUT2D eigenvalue weighted by molar-refractivity contribution is 5.81. The van der Waals surface area contributed by atoms with Crippen LogP contribution in [0.3, 0.4) is 0 Å². The van der Waals surface area contributed by atoms with Crippen molar-refractivity contribution in [3.8, 4) is 0 Å². The maximum atomic E-state index is 12.2. The number of aldehydes is 2. The second-order valence-electron chi connectivity index (χ2n) is 6.64. The summed E-state index contributed by atoms with van der Waals surface area (Å²) in [6, 6.07) is 0. The molecule has 6 nitrogen and oxygen atoms in total. The van der Waals surface area contributed by atoms with Gasteiger partial charge in [-0.2, -0.15) is 0 Å². The van der Waals surface area contributed by atoms with E-state index in [2.05, 4.69) is 0 Å². The lowest BCUT2D eigenvalue weighted by atomic mass is 9.97. The van der Waals surface area contributed by atoms with Crippen LogP contribution in [0.2, 0.25) is 0 Å². The highest BCUT2D eigenvalue weighted by Crippen LogP contribution is 2.12. The van der Waals surface area contributed by atoms with E-state index < -0.39 is 0 Å². The molecular formula is C17H30N2O4. The highest BCUT2D eigenvalue weighted by Gasteiger charge is 2.18. The molecule has 0 aromatic rings. The van der Waals surface area contributed by atoms with Crippen molar-refractivity contribution < 1.29 is 19.2 Å². The molecule has 0 aliphatic rings. The van der Waals surface area contributed by atoms with E-state index in [1.54, 1.807) is 0 Å². The van der Waals surface area contributed by atoms with Gasteiger partial charge in [-0.15, -0.1) is 0 Å². The van der Waals surface area contributed by atoms with Crippen LogP contribution in [0, 0.1) is 11.8 Å². The molecule has 0 heterocycles. The van der Waals surface area contributed by atoms with Gasteiger partial charge in [0.15, 0.2) is 0 Å². The lowest BCUT2D eigenvalue weighted by Crippen LogP contribution is -2.33. The Morgan fingerprint density at radius 2 is 1.43 bits per heavy atom. The molecule has 0 amide bonds. The average molecular weight is 326 g/mol. The molecule has 0 aliphatic carbocycles. The Morgan fingerprint density at radius 1 is 0.913 bits per heavy atom. The van der Waals surface area contributed by atoms with Crippen LogP contribution in [-0.2, 0) is 19.2 Å². The van der Waals surface area contributed by atoms with Crippen molar-refractivity contribution in [3.05, 3.63) is 0 Å². The summed E-state index contributed by atoms with van der Waals surface area (Å²) in [5.74, 6) is 0.115. The number of nitrogens with zero attached hydrogens (tertiary/aromatic N) is 2. The molecule has 23 heavy (non-hydrogen) atoms. The third-order valence-corrected chi connectivity index (χ3v) is 3.59. The van der Waals surface area contributed by atoms with Crippen molar-refractivity contribution in [1.29, 1.82) is 0 Å². The van der Waals surface area contributed by atoms with Crippen LogP contribution >= 0.6 is 0 Å². The molecule has 0 N–H and O–H groups in total. The molecule has 2 unspecified atom stereocenters. The topological polar surface area (TPSA) is 74.8 Å². The van der Waals surface area contributed by atoms with Gasteiger partial charge in [-0.1, -0.05) is 0 Å². The summed E-state index contributed by atoms with van der Waals surface area (Å²) in [7, 11) is 5.65. The Labute approximate surface area is 139 Å². The molecule has 0 saturated carbocycles. The Balaban J connectivity index is 4.41. The second-order valence-corrected chi connectivity index (χ2v) is 6.64. The first-order valence-electron chi connectivity index (χ1n) is 8.00. The van der Waals surface area contributed by atoms with Gasteiger partial charge < -0.3 is 19.3 Å². The largest absolute Gasteiger partial charge is 0.309 e. The van der Waals surface area contributed by atoms with E-state index in [1.807, 2.05) is 30.9 Å². The van der Waals surface area contributed by atoms with Crippen molar-refractivity contribution in [2.24, 2.45) is 11.8 Å². The first kappa shape index (κ1) is 21.6. The SMILES string of the molecule is CC(=O)CC(CC=O)CN(C)CC(=O)CC(CC=O)CN(C)C. The van der Waals surface area contributed by atoms with Crippen LogP contribution in [0.5, 0.6) is 0 Å². The molecular weight excluding hydrogens is 296 g/mol. The van der Waals surface area contributed by atoms with E-state index in [0.29, 0.717) is 38.8 Å². The Kier molecular flexibility index (Phi) is 11.3. The number of carbonyl (C=O) groups excluding carboxylic acids is 4. The smallest absolute Gasteiger partial charge is 0.147 e. The zero-order valence-corrected chi connectivity index (χ0v) is 14.8. The van der Waals surface area contributed by atoms with Gasteiger partial charge in [0.2, 0.25) is 0 Å². The van der Waals surface area contributed by atoms with E-state index in [0.717, 1.165) is 12.6 Å². The van der Waals surface area contributed by atoms with Crippen molar-refractivity contribution in [3.63, 3.8) is 0 Å². The molecule has 0 aliphatic heterocycles. The van der Waals surface area contributed by atoms with E-state index in [-0.39, 0.29) is 29.9 Å². The number of Topliss-reactive ketones (excluding diaryl/α,β-unsaturated/α-hetero) is 2. The molecule has 0 rings (SSSR count). The number of ketones is 2. The molecule has 0 aromatic heterocycles. The number of carbonyl (C=O) groups is 4. The van der Waals surface area contributed by atoms with Crippen LogP contribution in [-0.4, -0.2) is 74.7 Å². The number of hydrogen-bond acceptors (Lipinski definition) is 6. The minimum absolute atomic E-state index is 0.0337. The lowest BCUT2D eigenvalue weighted by molar-refractivity contribution is -0.121. The fraction of sp³-hybridized carbons (Fsp3) is 0.765. The molecule has 0 bridgehead atoms. The molecule has 0 spiro atoms. The van der Waals surface area contributed by atoms with E-state index in [4.69, 9.17) is 0 Å². The Hall–Kier alpha value is -1.40. The van der Waals surface area contributed by atoms with Crippen molar-refractivity contribution in [2.45, 2.75) is 32.6 Å². The molecule has 0 aromatic carbocycles. The van der Waals surface area contributed by atoms with Crippen LogP contribution in [0.25, 0.3) is 0 Å². The summed E-state index contributed by atoms with van der Waals surface area (Å²) in [4.78, 5) is 48.6. The quantitative estimate of drug-likeness (QED) is 0.440. The van der Waals surface area contributed by atoms with Crippen LogP contribution in [0.1, 0.15) is 32.6 Å². The Morgan fingerprint density at radius 3 is 1.87 bits per heavy atom. The first-order valence-corrected chi connectivity index (χ1v) is 8.00. The van der Waals surface area contributed by atoms with Gasteiger partial charge >= 0.3 is 0 Å². The number of likely N-dealkylation sites (N-methyl/N-ethyl adjacent to an activating group) is 1. The molecule has 0 fully saturated rings.